The third kappa shape index (κ3) is 6.85. The quantitative estimate of drug-likeness (QED) is 0.204. The van der Waals surface area contributed by atoms with Crippen molar-refractivity contribution in [2.75, 3.05) is 0 Å². The second-order valence-electron chi connectivity index (χ2n) is 9.02. The van der Waals surface area contributed by atoms with Gasteiger partial charge >= 0.3 is 6.16 Å². The Balaban J connectivity index is 2.50. The number of carbonyl (C=O) groups is 1. The van der Waals surface area contributed by atoms with Gasteiger partial charge in [0.25, 0.3) is 0 Å². The molecule has 0 aliphatic carbocycles. The highest BCUT2D eigenvalue weighted by Crippen LogP contribution is 2.31. The molecule has 1 aromatic heterocycles. The van der Waals surface area contributed by atoms with E-state index in [1.165, 1.54) is 0 Å². The first-order valence-corrected chi connectivity index (χ1v) is 11.3. The van der Waals surface area contributed by atoms with E-state index < -0.39 is 12.4 Å². The zero-order valence-corrected chi connectivity index (χ0v) is 20.9. The maximum absolute atomic E-state index is 12.1. The molecule has 7 heteroatoms. The van der Waals surface area contributed by atoms with Crippen LogP contribution in [0.1, 0.15) is 77.4 Å². The Labute approximate surface area is 197 Å². The van der Waals surface area contributed by atoms with Gasteiger partial charge in [0.15, 0.2) is 5.76 Å². The molecular weight excluding hydrogens is 418 g/mol. The predicted molar refractivity (Wildman–Crippen MR) is 128 cm³/mol. The van der Waals surface area contributed by atoms with Crippen LogP contribution in [0.4, 0.5) is 4.79 Å². The molecular formula is C26H35N3O4. The van der Waals surface area contributed by atoms with Gasteiger partial charge in [-0.15, -0.1) is 0 Å². The number of hydrogen-bond donors (Lipinski definition) is 0. The lowest BCUT2D eigenvalue weighted by molar-refractivity contribution is -0.0753. The van der Waals surface area contributed by atoms with E-state index in [4.69, 9.17) is 14.2 Å². The summed E-state index contributed by atoms with van der Waals surface area (Å²) in [5.74, 6) is 0.298. The number of nitrogens with zero attached hydrogens (tertiary/aromatic N) is 3. The van der Waals surface area contributed by atoms with Crippen molar-refractivity contribution in [2.45, 2.75) is 86.2 Å². The molecule has 7 nitrogen and oxygen atoms in total. The van der Waals surface area contributed by atoms with Crippen molar-refractivity contribution in [2.24, 2.45) is 0 Å². The molecule has 2 unspecified atom stereocenters. The van der Waals surface area contributed by atoms with Crippen molar-refractivity contribution in [1.82, 2.24) is 9.78 Å². The molecule has 1 heterocycles. The first kappa shape index (κ1) is 26.0. The van der Waals surface area contributed by atoms with E-state index in [-0.39, 0.29) is 11.5 Å². The first-order chi connectivity index (χ1) is 15.5. The Morgan fingerprint density at radius 3 is 2.27 bits per heavy atom. The van der Waals surface area contributed by atoms with Gasteiger partial charge in [-0.25, -0.2) is 4.79 Å². The summed E-state index contributed by atoms with van der Waals surface area (Å²) in [6, 6.07) is 12.0. The molecule has 0 aliphatic rings. The Hall–Kier alpha value is -3.27. The van der Waals surface area contributed by atoms with Gasteiger partial charge in [-0.05, 0) is 49.8 Å². The van der Waals surface area contributed by atoms with E-state index in [0.717, 1.165) is 11.3 Å². The highest BCUT2D eigenvalue weighted by molar-refractivity contribution is 5.94. The lowest BCUT2D eigenvalue weighted by atomic mass is 9.86. The molecule has 178 valence electrons. The van der Waals surface area contributed by atoms with E-state index in [2.05, 4.69) is 31.9 Å². The van der Waals surface area contributed by atoms with Gasteiger partial charge in [-0.3, -0.25) is 4.68 Å². The number of carbonyl (C=O) groups excluding carboxylic acids is 1. The zero-order valence-electron chi connectivity index (χ0n) is 20.9. The molecule has 0 aliphatic heterocycles. The van der Waals surface area contributed by atoms with Crippen LogP contribution in [0.2, 0.25) is 0 Å². The SMILES string of the molecule is CCC(C)OC(=O)OC(C)O/C(=C(/C#N)c1ccc(C(C)(C)C)cc1)c1cc(C)nn1CC. The van der Waals surface area contributed by atoms with Crippen molar-refractivity contribution >= 4 is 17.5 Å². The topological polar surface area (TPSA) is 86.4 Å². The molecule has 0 N–H and O–H groups in total. The maximum atomic E-state index is 12.1. The van der Waals surface area contributed by atoms with Crippen LogP contribution in [0.3, 0.4) is 0 Å². The summed E-state index contributed by atoms with van der Waals surface area (Å²) in [4.78, 5) is 12.1. The summed E-state index contributed by atoms with van der Waals surface area (Å²) in [5, 5.41) is 14.6. The van der Waals surface area contributed by atoms with Crippen LogP contribution in [0, 0.1) is 18.3 Å². The molecule has 2 aromatic rings. The van der Waals surface area contributed by atoms with Crippen molar-refractivity contribution < 1.29 is 19.0 Å². The van der Waals surface area contributed by atoms with Gasteiger partial charge < -0.3 is 14.2 Å². The summed E-state index contributed by atoms with van der Waals surface area (Å²) in [7, 11) is 0. The van der Waals surface area contributed by atoms with E-state index >= 15 is 0 Å². The highest BCUT2D eigenvalue weighted by Gasteiger charge is 2.23. The van der Waals surface area contributed by atoms with Gasteiger partial charge in [0.2, 0.25) is 6.29 Å². The van der Waals surface area contributed by atoms with E-state index in [9.17, 15) is 10.1 Å². The largest absolute Gasteiger partial charge is 0.511 e. The van der Waals surface area contributed by atoms with Crippen molar-refractivity contribution in [3.63, 3.8) is 0 Å². The van der Waals surface area contributed by atoms with Crippen LogP contribution in [0.25, 0.3) is 11.3 Å². The molecule has 0 bridgehead atoms. The van der Waals surface area contributed by atoms with Crippen molar-refractivity contribution in [3.8, 4) is 6.07 Å². The minimum atomic E-state index is -0.978. The number of hydrogen-bond acceptors (Lipinski definition) is 6. The monoisotopic (exact) mass is 453 g/mol. The second-order valence-corrected chi connectivity index (χ2v) is 9.02. The maximum Gasteiger partial charge on any atom is 0.511 e. The predicted octanol–water partition coefficient (Wildman–Crippen LogP) is 6.22. The van der Waals surface area contributed by atoms with Crippen LogP contribution < -0.4 is 0 Å². The Morgan fingerprint density at radius 2 is 1.76 bits per heavy atom. The summed E-state index contributed by atoms with van der Waals surface area (Å²) < 4.78 is 18.3. The summed E-state index contributed by atoms with van der Waals surface area (Å²) in [6.45, 7) is 16.1. The number of allylic oxidation sites excluding steroid dienone is 1. The summed E-state index contributed by atoms with van der Waals surface area (Å²) in [6.07, 6.45) is -1.38. The second kappa shape index (κ2) is 11.0. The third-order valence-corrected chi connectivity index (χ3v) is 5.23. The van der Waals surface area contributed by atoms with Crippen molar-refractivity contribution in [3.05, 3.63) is 52.8 Å². The fourth-order valence-electron chi connectivity index (χ4n) is 3.20. The number of nitriles is 1. The van der Waals surface area contributed by atoms with E-state index in [0.29, 0.717) is 35.6 Å². The van der Waals surface area contributed by atoms with Gasteiger partial charge in [0.05, 0.1) is 5.69 Å². The number of aromatic nitrogens is 2. The molecule has 2 atom stereocenters. The molecule has 0 saturated carbocycles. The summed E-state index contributed by atoms with van der Waals surface area (Å²) >= 11 is 0. The minimum Gasteiger partial charge on any atom is -0.451 e. The van der Waals surface area contributed by atoms with Crippen LogP contribution in [-0.4, -0.2) is 28.3 Å². The zero-order chi connectivity index (χ0) is 24.8. The smallest absolute Gasteiger partial charge is 0.451 e. The number of rotatable bonds is 8. The standard InChI is InChI=1S/C26H35N3O4/c1-9-18(4)31-25(30)33-19(5)32-24(23-15-17(3)28-29(23)10-2)22(16-27)20-11-13-21(14-12-20)26(6,7)8/h11-15,18-19H,9-10H2,1-8H3/b24-22-. The molecule has 0 amide bonds. The molecule has 1 aromatic carbocycles. The molecule has 0 saturated heterocycles. The van der Waals surface area contributed by atoms with Crippen LogP contribution in [0.5, 0.6) is 0 Å². The van der Waals surface area contributed by atoms with Crippen LogP contribution >= 0.6 is 0 Å². The molecule has 0 radical (unpaired) electrons. The summed E-state index contributed by atoms with van der Waals surface area (Å²) in [5.41, 5.74) is 3.61. The molecule has 0 spiro atoms. The van der Waals surface area contributed by atoms with Gasteiger partial charge in [0, 0.05) is 13.5 Å². The van der Waals surface area contributed by atoms with Gasteiger partial charge in [-0.2, -0.15) is 10.4 Å². The Morgan fingerprint density at radius 1 is 1.12 bits per heavy atom. The van der Waals surface area contributed by atoms with Crippen LogP contribution in [-0.2, 0) is 26.2 Å². The normalized spacial score (nSPS) is 14.0. The lowest BCUT2D eigenvalue weighted by Gasteiger charge is -2.21. The number of ether oxygens (including phenoxy) is 3. The first-order valence-electron chi connectivity index (χ1n) is 11.3. The van der Waals surface area contributed by atoms with E-state index in [1.807, 2.05) is 51.1 Å². The molecule has 0 fully saturated rings. The fourth-order valence-corrected chi connectivity index (χ4v) is 3.20. The van der Waals surface area contributed by atoms with Gasteiger partial charge in [-0.1, -0.05) is 52.0 Å². The third-order valence-electron chi connectivity index (χ3n) is 5.23. The van der Waals surface area contributed by atoms with Gasteiger partial charge in [0.1, 0.15) is 23.4 Å². The highest BCUT2D eigenvalue weighted by atomic mass is 16.8. The van der Waals surface area contributed by atoms with Crippen LogP contribution in [0.15, 0.2) is 30.3 Å². The van der Waals surface area contributed by atoms with Crippen molar-refractivity contribution in [1.29, 1.82) is 5.26 Å². The molecule has 33 heavy (non-hydrogen) atoms. The minimum absolute atomic E-state index is 0.00926. The Bertz CT molecular complexity index is 1020. The average molecular weight is 454 g/mol. The number of aryl methyl sites for hydroxylation is 2. The Kier molecular flexibility index (Phi) is 8.69. The number of benzene rings is 1. The van der Waals surface area contributed by atoms with E-state index in [1.54, 1.807) is 18.5 Å². The fraction of sp³-hybridized carbons (Fsp3) is 0.500. The average Bonchev–Trinajstić information content (AvgIpc) is 3.13. The lowest BCUT2D eigenvalue weighted by Crippen LogP contribution is -2.22. The molecule has 2 rings (SSSR count).